The first-order valence-electron chi connectivity index (χ1n) is 7.00. The van der Waals surface area contributed by atoms with E-state index in [1.807, 2.05) is 6.07 Å². The van der Waals surface area contributed by atoms with Crippen molar-refractivity contribution in [2.75, 3.05) is 11.9 Å². The fourth-order valence-electron chi connectivity index (χ4n) is 1.97. The number of halogens is 1. The summed E-state index contributed by atoms with van der Waals surface area (Å²) < 4.78 is 0. The van der Waals surface area contributed by atoms with Gasteiger partial charge in [-0.3, -0.25) is 4.79 Å². The Morgan fingerprint density at radius 2 is 2.21 bits per heavy atom. The molecule has 1 aromatic carbocycles. The summed E-state index contributed by atoms with van der Waals surface area (Å²) in [6.45, 7) is 5.09. The molecule has 1 aromatic rings. The lowest BCUT2D eigenvalue weighted by Crippen LogP contribution is -2.25. The summed E-state index contributed by atoms with van der Waals surface area (Å²) in [5, 5.41) is 4.03. The first-order valence-corrected chi connectivity index (χ1v) is 8.12. The van der Waals surface area contributed by atoms with E-state index in [0.29, 0.717) is 12.3 Å². The molecule has 3 heteroatoms. The van der Waals surface area contributed by atoms with E-state index in [1.165, 1.54) is 11.1 Å². The van der Waals surface area contributed by atoms with Crippen molar-refractivity contribution in [1.82, 2.24) is 5.32 Å². The van der Waals surface area contributed by atoms with Gasteiger partial charge in [0.1, 0.15) is 0 Å². The highest BCUT2D eigenvalue weighted by atomic mass is 79.9. The van der Waals surface area contributed by atoms with Gasteiger partial charge < -0.3 is 5.32 Å². The Hall–Kier alpha value is -0.830. The second-order valence-electron chi connectivity index (χ2n) is 5.24. The normalized spacial score (nSPS) is 12.2. The van der Waals surface area contributed by atoms with Crippen LogP contribution < -0.4 is 5.32 Å². The van der Waals surface area contributed by atoms with Crippen molar-refractivity contribution in [3.63, 3.8) is 0 Å². The predicted octanol–water partition coefficient (Wildman–Crippen LogP) is 3.86. The van der Waals surface area contributed by atoms with Gasteiger partial charge in [-0.15, -0.1) is 0 Å². The summed E-state index contributed by atoms with van der Waals surface area (Å²) >= 11 is 3.46. The first kappa shape index (κ1) is 16.2. The molecule has 1 amide bonds. The molecule has 1 unspecified atom stereocenters. The number of amides is 1. The Morgan fingerprint density at radius 1 is 1.42 bits per heavy atom. The van der Waals surface area contributed by atoms with Gasteiger partial charge in [-0.25, -0.2) is 0 Å². The molecule has 0 bridgehead atoms. The maximum absolute atomic E-state index is 11.7. The quantitative estimate of drug-likeness (QED) is 0.570. The molecule has 0 aliphatic rings. The van der Waals surface area contributed by atoms with Gasteiger partial charge in [0, 0.05) is 18.3 Å². The molecule has 0 fully saturated rings. The van der Waals surface area contributed by atoms with Crippen molar-refractivity contribution in [2.24, 2.45) is 5.92 Å². The third kappa shape index (κ3) is 7.36. The van der Waals surface area contributed by atoms with Crippen LogP contribution in [-0.4, -0.2) is 17.8 Å². The predicted molar refractivity (Wildman–Crippen MR) is 84.7 cm³/mol. The van der Waals surface area contributed by atoms with E-state index < -0.39 is 0 Å². The van der Waals surface area contributed by atoms with Crippen LogP contribution in [0.1, 0.15) is 37.3 Å². The highest BCUT2D eigenvalue weighted by Crippen LogP contribution is 2.08. The molecule has 0 spiro atoms. The van der Waals surface area contributed by atoms with Gasteiger partial charge in [0.05, 0.1) is 0 Å². The molecular weight excluding hydrogens is 302 g/mol. The number of carbonyl (C=O) groups excluding carboxylic acids is 1. The van der Waals surface area contributed by atoms with Crippen LogP contribution >= 0.6 is 15.9 Å². The maximum atomic E-state index is 11.7. The van der Waals surface area contributed by atoms with Crippen molar-refractivity contribution in [3.05, 3.63) is 35.4 Å². The highest BCUT2D eigenvalue weighted by Gasteiger charge is 2.03. The van der Waals surface area contributed by atoms with E-state index in [9.17, 15) is 4.79 Å². The number of hydrogen-bond acceptors (Lipinski definition) is 1. The first-order chi connectivity index (χ1) is 9.11. The molecule has 0 aromatic heterocycles. The Labute approximate surface area is 125 Å². The summed E-state index contributed by atoms with van der Waals surface area (Å²) in [7, 11) is 0. The average Bonchev–Trinajstić information content (AvgIpc) is 2.41. The smallest absolute Gasteiger partial charge is 0.220 e. The van der Waals surface area contributed by atoms with Crippen LogP contribution in [0, 0.1) is 12.8 Å². The third-order valence-corrected chi connectivity index (χ3v) is 4.29. The van der Waals surface area contributed by atoms with Crippen molar-refractivity contribution in [1.29, 1.82) is 0 Å². The zero-order valence-corrected chi connectivity index (χ0v) is 13.5. The van der Waals surface area contributed by atoms with E-state index in [2.05, 4.69) is 53.3 Å². The van der Waals surface area contributed by atoms with Crippen molar-refractivity contribution in [2.45, 2.75) is 39.5 Å². The molecule has 0 heterocycles. The average molecular weight is 326 g/mol. The molecule has 1 atom stereocenters. The zero-order chi connectivity index (χ0) is 14.1. The molecule has 1 N–H and O–H groups in total. The third-order valence-electron chi connectivity index (χ3n) is 3.18. The van der Waals surface area contributed by atoms with Crippen LogP contribution in [0.15, 0.2) is 24.3 Å². The van der Waals surface area contributed by atoms with Gasteiger partial charge >= 0.3 is 0 Å². The Balaban J connectivity index is 2.14. The topological polar surface area (TPSA) is 29.1 Å². The molecule has 19 heavy (non-hydrogen) atoms. The number of alkyl halides is 1. The molecule has 0 saturated heterocycles. The molecule has 0 aliphatic heterocycles. The Bertz CT molecular complexity index is 392. The second-order valence-corrected chi connectivity index (χ2v) is 5.89. The summed E-state index contributed by atoms with van der Waals surface area (Å²) in [4.78, 5) is 11.7. The summed E-state index contributed by atoms with van der Waals surface area (Å²) in [5.74, 6) is 0.845. The molecule has 0 radical (unpaired) electrons. The van der Waals surface area contributed by atoms with Crippen LogP contribution in [0.25, 0.3) is 0 Å². The van der Waals surface area contributed by atoms with Crippen LogP contribution in [0.3, 0.4) is 0 Å². The van der Waals surface area contributed by atoms with Crippen LogP contribution in [0.2, 0.25) is 0 Å². The maximum Gasteiger partial charge on any atom is 0.220 e. The molecule has 0 saturated carbocycles. The molecule has 2 nitrogen and oxygen atoms in total. The lowest BCUT2D eigenvalue weighted by Gasteiger charge is -2.08. The fourth-order valence-corrected chi connectivity index (χ4v) is 2.29. The van der Waals surface area contributed by atoms with E-state index in [4.69, 9.17) is 0 Å². The lowest BCUT2D eigenvalue weighted by atomic mass is 10.1. The summed E-state index contributed by atoms with van der Waals surface area (Å²) in [6.07, 6.45) is 3.62. The van der Waals surface area contributed by atoms with E-state index in [0.717, 1.165) is 31.1 Å². The standard InChI is InChI=1S/C16H24BrNO/c1-13-5-3-7-15(11-13)8-9-16(19)18-10-4-6-14(2)12-17/h3,5,7,11,14H,4,6,8-10,12H2,1-2H3,(H,18,19). The molecular formula is C16H24BrNO. The van der Waals surface area contributed by atoms with Crippen LogP contribution in [-0.2, 0) is 11.2 Å². The number of carbonyl (C=O) groups is 1. The van der Waals surface area contributed by atoms with E-state index in [-0.39, 0.29) is 5.91 Å². The van der Waals surface area contributed by atoms with Gasteiger partial charge in [0.15, 0.2) is 0 Å². The highest BCUT2D eigenvalue weighted by molar-refractivity contribution is 9.09. The van der Waals surface area contributed by atoms with E-state index in [1.54, 1.807) is 0 Å². The summed E-state index contributed by atoms with van der Waals surface area (Å²) in [6, 6.07) is 8.35. The fraction of sp³-hybridized carbons (Fsp3) is 0.562. The van der Waals surface area contributed by atoms with Crippen LogP contribution in [0.5, 0.6) is 0 Å². The van der Waals surface area contributed by atoms with Crippen molar-refractivity contribution in [3.8, 4) is 0 Å². The monoisotopic (exact) mass is 325 g/mol. The second kappa shape index (κ2) is 9.13. The van der Waals surface area contributed by atoms with E-state index >= 15 is 0 Å². The Morgan fingerprint density at radius 3 is 2.89 bits per heavy atom. The number of aryl methyl sites for hydroxylation is 2. The number of hydrogen-bond donors (Lipinski definition) is 1. The lowest BCUT2D eigenvalue weighted by molar-refractivity contribution is -0.121. The SMILES string of the molecule is Cc1cccc(CCC(=O)NCCCC(C)CBr)c1. The van der Waals surface area contributed by atoms with Gasteiger partial charge in [0.25, 0.3) is 0 Å². The number of nitrogens with one attached hydrogen (secondary N) is 1. The number of benzene rings is 1. The largest absolute Gasteiger partial charge is 0.356 e. The van der Waals surface area contributed by atoms with Gasteiger partial charge in [0.2, 0.25) is 5.91 Å². The van der Waals surface area contributed by atoms with Crippen LogP contribution in [0.4, 0.5) is 0 Å². The van der Waals surface area contributed by atoms with Gasteiger partial charge in [-0.05, 0) is 37.7 Å². The molecule has 1 rings (SSSR count). The number of rotatable bonds is 8. The molecule has 0 aliphatic carbocycles. The van der Waals surface area contributed by atoms with Gasteiger partial charge in [-0.2, -0.15) is 0 Å². The minimum absolute atomic E-state index is 0.160. The van der Waals surface area contributed by atoms with Gasteiger partial charge in [-0.1, -0.05) is 52.7 Å². The minimum Gasteiger partial charge on any atom is -0.356 e. The van der Waals surface area contributed by atoms with Crippen molar-refractivity contribution >= 4 is 21.8 Å². The zero-order valence-electron chi connectivity index (χ0n) is 11.9. The van der Waals surface area contributed by atoms with Crippen molar-refractivity contribution < 1.29 is 4.79 Å². The Kier molecular flexibility index (Phi) is 7.80. The summed E-state index contributed by atoms with van der Waals surface area (Å²) in [5.41, 5.74) is 2.49. The molecule has 106 valence electrons. The minimum atomic E-state index is 0.160.